The molecule has 1 aromatic carbocycles. The Morgan fingerprint density at radius 2 is 1.38 bits per heavy atom. The Hall–Kier alpha value is -0.780. The van der Waals surface area contributed by atoms with E-state index in [0.717, 1.165) is 0 Å². The maximum atomic E-state index is 2.32. The highest BCUT2D eigenvalue weighted by Gasteiger charge is 2.35. The van der Waals surface area contributed by atoms with Gasteiger partial charge in [-0.2, -0.15) is 0 Å². The Kier molecular flexibility index (Phi) is 5.05. The van der Waals surface area contributed by atoms with Crippen LogP contribution in [0.1, 0.15) is 58.9 Å². The van der Waals surface area contributed by atoms with E-state index in [1.165, 1.54) is 31.2 Å². The predicted octanol–water partition coefficient (Wildman–Crippen LogP) is 5.14. The highest BCUT2D eigenvalue weighted by atomic mass is 14.4. The average molecular weight is 217 g/mol. The number of benzene rings is 1. The third-order valence-electron chi connectivity index (χ3n) is 4.06. The molecule has 0 saturated heterocycles. The molecule has 0 nitrogen and oxygen atoms in total. The fourth-order valence-corrected chi connectivity index (χ4v) is 3.05. The third-order valence-corrected chi connectivity index (χ3v) is 4.06. The maximum Gasteiger partial charge on any atom is 0.000956 e. The lowest BCUT2D eigenvalue weighted by atomic mass is 9.65. The van der Waals surface area contributed by atoms with E-state index in [0.29, 0.717) is 5.41 Å². The predicted molar refractivity (Wildman–Crippen MR) is 72.5 cm³/mol. The van der Waals surface area contributed by atoms with Crippen molar-refractivity contribution in [1.29, 1.82) is 0 Å². The van der Waals surface area contributed by atoms with Gasteiger partial charge in [-0.25, -0.2) is 0 Å². The summed E-state index contributed by atoms with van der Waals surface area (Å²) in [7, 11) is 0. The summed E-state index contributed by atoms with van der Waals surface area (Å²) in [6.07, 6.45) is 4.83. The first-order valence-electron chi connectivity index (χ1n) is 6.65. The van der Waals surface area contributed by atoms with Gasteiger partial charge in [0, 0.05) is 5.41 Å². The van der Waals surface area contributed by atoms with Crippen molar-refractivity contribution in [2.45, 2.75) is 58.8 Å². The molecule has 0 saturated carbocycles. The van der Waals surface area contributed by atoms with Gasteiger partial charge in [0.25, 0.3) is 0 Å². The van der Waals surface area contributed by atoms with Gasteiger partial charge in [0.1, 0.15) is 0 Å². The lowest BCUT2D eigenvalue weighted by Gasteiger charge is -2.39. The van der Waals surface area contributed by atoms with Crippen molar-refractivity contribution in [3.05, 3.63) is 41.8 Å². The van der Waals surface area contributed by atoms with Crippen LogP contribution in [0.15, 0.2) is 30.3 Å². The van der Waals surface area contributed by atoms with Crippen LogP contribution in [0.5, 0.6) is 0 Å². The fourth-order valence-electron chi connectivity index (χ4n) is 3.05. The molecule has 0 fully saturated rings. The molecule has 0 spiro atoms. The van der Waals surface area contributed by atoms with Gasteiger partial charge in [-0.1, -0.05) is 58.0 Å². The highest BCUT2D eigenvalue weighted by Crippen LogP contribution is 2.43. The molecule has 16 heavy (non-hydrogen) atoms. The minimum atomic E-state index is 0.310. The Morgan fingerprint density at radius 1 is 0.875 bits per heavy atom. The molecule has 0 aromatic heterocycles. The molecule has 1 radical (unpaired) electrons. The van der Waals surface area contributed by atoms with Crippen molar-refractivity contribution >= 4 is 0 Å². The number of hydrogen-bond acceptors (Lipinski definition) is 0. The Balaban J connectivity index is 3.14. The van der Waals surface area contributed by atoms with Crippen LogP contribution in [-0.2, 0) is 5.41 Å². The molecule has 0 amide bonds. The lowest BCUT2D eigenvalue weighted by molar-refractivity contribution is 0.382. The minimum absolute atomic E-state index is 0.310. The molecule has 1 rings (SSSR count). The summed E-state index contributed by atoms with van der Waals surface area (Å²) < 4.78 is 0. The zero-order valence-electron chi connectivity index (χ0n) is 11.2. The smallest absolute Gasteiger partial charge is 0.000956 e. The summed E-state index contributed by atoms with van der Waals surface area (Å²) in [5.41, 5.74) is 1.81. The molecule has 0 heterocycles. The van der Waals surface area contributed by atoms with E-state index in [9.17, 15) is 0 Å². The highest BCUT2D eigenvalue weighted by molar-refractivity contribution is 5.32. The van der Waals surface area contributed by atoms with Crippen LogP contribution in [0.25, 0.3) is 0 Å². The van der Waals surface area contributed by atoms with Crippen molar-refractivity contribution in [1.82, 2.24) is 0 Å². The van der Waals surface area contributed by atoms with Gasteiger partial charge in [0.15, 0.2) is 0 Å². The minimum Gasteiger partial charge on any atom is -0.0648 e. The van der Waals surface area contributed by atoms with E-state index in [1.807, 2.05) is 0 Å². The van der Waals surface area contributed by atoms with Crippen LogP contribution in [0.3, 0.4) is 0 Å². The Bertz CT molecular complexity index is 278. The second-order valence-electron chi connectivity index (χ2n) is 4.47. The largest absolute Gasteiger partial charge is 0.0648 e. The first-order valence-corrected chi connectivity index (χ1v) is 6.65. The average Bonchev–Trinajstić information content (AvgIpc) is 2.37. The maximum absolute atomic E-state index is 2.32. The van der Waals surface area contributed by atoms with Gasteiger partial charge in [0.2, 0.25) is 0 Å². The topological polar surface area (TPSA) is 0 Å². The molecule has 0 N–H and O–H groups in total. The van der Waals surface area contributed by atoms with Crippen molar-refractivity contribution in [3.8, 4) is 0 Å². The molecule has 1 aromatic rings. The van der Waals surface area contributed by atoms with Crippen molar-refractivity contribution in [2.24, 2.45) is 0 Å². The first kappa shape index (κ1) is 13.3. The lowest BCUT2D eigenvalue weighted by Crippen LogP contribution is -2.32. The van der Waals surface area contributed by atoms with Gasteiger partial charge in [-0.05, 0) is 37.2 Å². The van der Waals surface area contributed by atoms with Crippen LogP contribution in [-0.4, -0.2) is 0 Å². The summed E-state index contributed by atoms with van der Waals surface area (Å²) in [4.78, 5) is 0. The summed E-state index contributed by atoms with van der Waals surface area (Å²) in [5, 5.41) is 0. The fraction of sp³-hybridized carbons (Fsp3) is 0.562. The van der Waals surface area contributed by atoms with E-state index in [2.05, 4.69) is 58.0 Å². The SMILES string of the molecule is CC[C](CC)C(CC)(CC)c1ccccc1. The van der Waals surface area contributed by atoms with Crippen LogP contribution >= 0.6 is 0 Å². The molecule has 0 atom stereocenters. The molecule has 0 aliphatic heterocycles. The molecular formula is C16H25. The van der Waals surface area contributed by atoms with Gasteiger partial charge < -0.3 is 0 Å². The number of rotatable bonds is 6. The van der Waals surface area contributed by atoms with E-state index >= 15 is 0 Å². The van der Waals surface area contributed by atoms with Gasteiger partial charge >= 0.3 is 0 Å². The molecule has 0 aliphatic carbocycles. The molecule has 0 unspecified atom stereocenters. The quantitative estimate of drug-likeness (QED) is 0.619. The van der Waals surface area contributed by atoms with E-state index < -0.39 is 0 Å². The van der Waals surface area contributed by atoms with E-state index in [4.69, 9.17) is 0 Å². The monoisotopic (exact) mass is 217 g/mol. The van der Waals surface area contributed by atoms with Crippen molar-refractivity contribution in [3.63, 3.8) is 0 Å². The zero-order chi connectivity index (χ0) is 12.0. The van der Waals surface area contributed by atoms with Gasteiger partial charge in [-0.15, -0.1) is 0 Å². The first-order chi connectivity index (χ1) is 7.75. The van der Waals surface area contributed by atoms with Crippen molar-refractivity contribution < 1.29 is 0 Å². The molecular weight excluding hydrogens is 192 g/mol. The van der Waals surface area contributed by atoms with Crippen LogP contribution < -0.4 is 0 Å². The molecule has 0 aliphatic rings. The van der Waals surface area contributed by atoms with E-state index in [1.54, 1.807) is 5.92 Å². The van der Waals surface area contributed by atoms with Crippen LogP contribution in [0.4, 0.5) is 0 Å². The molecule has 89 valence electrons. The Labute approximate surface area is 101 Å². The summed E-state index contributed by atoms with van der Waals surface area (Å²) in [5.74, 6) is 1.70. The number of hydrogen-bond donors (Lipinski definition) is 0. The molecule has 0 heteroatoms. The van der Waals surface area contributed by atoms with Crippen molar-refractivity contribution in [2.75, 3.05) is 0 Å². The summed E-state index contributed by atoms with van der Waals surface area (Å²) in [6.45, 7) is 9.23. The summed E-state index contributed by atoms with van der Waals surface area (Å²) >= 11 is 0. The third kappa shape index (κ3) is 2.31. The van der Waals surface area contributed by atoms with Crippen LogP contribution in [0, 0.1) is 5.92 Å². The molecule has 0 bridgehead atoms. The normalized spacial score (nSPS) is 12.1. The zero-order valence-corrected chi connectivity index (χ0v) is 11.2. The standard InChI is InChI=1S/C16H25/c1-5-14(6-2)16(7-3,8-4)15-12-10-9-11-13-15/h9-13H,5-8H2,1-4H3. The second-order valence-corrected chi connectivity index (χ2v) is 4.47. The second kappa shape index (κ2) is 6.08. The Morgan fingerprint density at radius 3 is 1.75 bits per heavy atom. The van der Waals surface area contributed by atoms with Gasteiger partial charge in [0.05, 0.1) is 0 Å². The summed E-state index contributed by atoms with van der Waals surface area (Å²) in [6, 6.07) is 11.0. The van der Waals surface area contributed by atoms with E-state index in [-0.39, 0.29) is 0 Å². The van der Waals surface area contributed by atoms with Crippen LogP contribution in [0.2, 0.25) is 0 Å². The van der Waals surface area contributed by atoms with Gasteiger partial charge in [-0.3, -0.25) is 0 Å².